The van der Waals surface area contributed by atoms with Gasteiger partial charge < -0.3 is 14.9 Å². The molecule has 0 amide bonds. The Bertz CT molecular complexity index is 873. The van der Waals surface area contributed by atoms with Crippen LogP contribution in [0.15, 0.2) is 36.5 Å². The van der Waals surface area contributed by atoms with E-state index < -0.39 is 5.60 Å². The maximum Gasteiger partial charge on any atom is 0.128 e. The number of aliphatic hydroxyl groups is 1. The van der Waals surface area contributed by atoms with Crippen molar-refractivity contribution in [2.24, 2.45) is 0 Å². The average Bonchev–Trinajstić information content (AvgIpc) is 3.32. The van der Waals surface area contributed by atoms with Crippen LogP contribution in [0.4, 0.5) is 11.5 Å². The number of anilines is 2. The number of hydrogen-bond donors (Lipinski definition) is 1. The van der Waals surface area contributed by atoms with Crippen molar-refractivity contribution in [3.63, 3.8) is 0 Å². The van der Waals surface area contributed by atoms with E-state index >= 15 is 0 Å². The molecule has 2 aliphatic heterocycles. The summed E-state index contributed by atoms with van der Waals surface area (Å²) in [6.45, 7) is 4.85. The Morgan fingerprint density at radius 2 is 2.00 bits per heavy atom. The maximum absolute atomic E-state index is 11.4. The SMILES string of the molecule is C[C@@H]1N(c2ccc(C#N)c(Cl)c2)CC[C@@]1(O)c1ccc(N2CCCC2)nc1. The van der Waals surface area contributed by atoms with Gasteiger partial charge in [0.25, 0.3) is 0 Å². The molecule has 0 aliphatic carbocycles. The fourth-order valence-corrected chi connectivity index (χ4v) is 4.46. The van der Waals surface area contributed by atoms with Crippen molar-refractivity contribution in [1.82, 2.24) is 4.98 Å². The van der Waals surface area contributed by atoms with Crippen LogP contribution in [0, 0.1) is 11.3 Å². The van der Waals surface area contributed by atoms with Gasteiger partial charge in [0.05, 0.1) is 16.6 Å². The third-order valence-electron chi connectivity index (χ3n) is 5.98. The van der Waals surface area contributed by atoms with Crippen molar-refractivity contribution in [2.45, 2.75) is 37.8 Å². The Balaban J connectivity index is 1.57. The van der Waals surface area contributed by atoms with Crippen LogP contribution in [0.3, 0.4) is 0 Å². The van der Waals surface area contributed by atoms with Gasteiger partial charge in [0.1, 0.15) is 17.5 Å². The normalized spacial score (nSPS) is 25.0. The molecule has 140 valence electrons. The highest BCUT2D eigenvalue weighted by molar-refractivity contribution is 6.32. The molecule has 2 aromatic rings. The van der Waals surface area contributed by atoms with Gasteiger partial charge in [0, 0.05) is 37.1 Å². The molecule has 1 N–H and O–H groups in total. The molecule has 0 bridgehead atoms. The van der Waals surface area contributed by atoms with Gasteiger partial charge in [0.2, 0.25) is 0 Å². The zero-order valence-corrected chi connectivity index (χ0v) is 16.2. The predicted octanol–water partition coefficient (Wildman–Crippen LogP) is 3.69. The Kier molecular flexibility index (Phi) is 4.71. The molecule has 5 nitrogen and oxygen atoms in total. The Hall–Kier alpha value is -2.29. The van der Waals surface area contributed by atoms with Crippen LogP contribution in [0.25, 0.3) is 0 Å². The summed E-state index contributed by atoms with van der Waals surface area (Å²) in [5.41, 5.74) is 1.27. The molecule has 3 heterocycles. The molecule has 6 heteroatoms. The molecule has 1 aromatic carbocycles. The van der Waals surface area contributed by atoms with E-state index in [0.29, 0.717) is 23.6 Å². The lowest BCUT2D eigenvalue weighted by molar-refractivity contribution is 0.0327. The van der Waals surface area contributed by atoms with Crippen molar-refractivity contribution in [3.8, 4) is 6.07 Å². The standard InChI is InChI=1S/C21H23ClN4O/c1-15-21(27,17-5-7-20(24-14-17)25-9-2-3-10-25)8-11-26(15)18-6-4-16(13-23)19(22)12-18/h4-7,12,14-15,27H,2-3,8-11H2,1H3/t15-,21-/m0/s1. The van der Waals surface area contributed by atoms with E-state index in [1.807, 2.05) is 31.3 Å². The minimum Gasteiger partial charge on any atom is -0.383 e. The quantitative estimate of drug-likeness (QED) is 0.877. The summed E-state index contributed by atoms with van der Waals surface area (Å²) < 4.78 is 0. The van der Waals surface area contributed by atoms with Crippen molar-refractivity contribution in [1.29, 1.82) is 5.26 Å². The van der Waals surface area contributed by atoms with Crippen LogP contribution in [-0.2, 0) is 5.60 Å². The smallest absolute Gasteiger partial charge is 0.128 e. The van der Waals surface area contributed by atoms with E-state index in [0.717, 1.165) is 30.2 Å². The van der Waals surface area contributed by atoms with Crippen LogP contribution in [0.5, 0.6) is 0 Å². The second kappa shape index (κ2) is 7.03. The van der Waals surface area contributed by atoms with Crippen molar-refractivity contribution in [2.75, 3.05) is 29.4 Å². The highest BCUT2D eigenvalue weighted by Gasteiger charge is 2.45. The van der Waals surface area contributed by atoms with E-state index in [9.17, 15) is 5.11 Å². The number of rotatable bonds is 3. The molecular weight excluding hydrogens is 360 g/mol. The lowest BCUT2D eigenvalue weighted by Gasteiger charge is -2.33. The number of pyridine rings is 1. The fraction of sp³-hybridized carbons (Fsp3) is 0.429. The molecule has 2 fully saturated rings. The molecule has 0 spiro atoms. The van der Waals surface area contributed by atoms with Crippen LogP contribution < -0.4 is 9.80 Å². The number of benzene rings is 1. The Labute approximate surface area is 164 Å². The average molecular weight is 383 g/mol. The first-order chi connectivity index (χ1) is 13.0. The second-order valence-electron chi connectivity index (χ2n) is 7.42. The van der Waals surface area contributed by atoms with Gasteiger partial charge in [0.15, 0.2) is 0 Å². The number of halogens is 1. The summed E-state index contributed by atoms with van der Waals surface area (Å²) in [4.78, 5) is 9.04. The van der Waals surface area contributed by atoms with Gasteiger partial charge in [-0.2, -0.15) is 5.26 Å². The van der Waals surface area contributed by atoms with Gasteiger partial charge in [-0.25, -0.2) is 4.98 Å². The monoisotopic (exact) mass is 382 g/mol. The van der Waals surface area contributed by atoms with Gasteiger partial charge >= 0.3 is 0 Å². The first-order valence-corrected chi connectivity index (χ1v) is 9.81. The molecule has 0 radical (unpaired) electrons. The molecule has 2 aliphatic rings. The molecule has 1 aromatic heterocycles. The first-order valence-electron chi connectivity index (χ1n) is 9.43. The number of nitrogens with zero attached hydrogens (tertiary/aromatic N) is 4. The Morgan fingerprint density at radius 3 is 2.63 bits per heavy atom. The molecule has 0 unspecified atom stereocenters. The van der Waals surface area contributed by atoms with Gasteiger partial charge in [-0.15, -0.1) is 0 Å². The van der Waals surface area contributed by atoms with Gasteiger partial charge in [-0.05, 0) is 50.5 Å². The highest BCUT2D eigenvalue weighted by Crippen LogP contribution is 2.41. The van der Waals surface area contributed by atoms with E-state index in [1.54, 1.807) is 12.1 Å². The molecule has 4 rings (SSSR count). The van der Waals surface area contributed by atoms with Crippen LogP contribution in [-0.4, -0.2) is 35.8 Å². The van der Waals surface area contributed by atoms with Gasteiger partial charge in [-0.3, -0.25) is 0 Å². The first kappa shape index (κ1) is 18.1. The molecule has 2 atom stereocenters. The third-order valence-corrected chi connectivity index (χ3v) is 6.29. The maximum atomic E-state index is 11.4. The zero-order valence-electron chi connectivity index (χ0n) is 15.4. The summed E-state index contributed by atoms with van der Waals surface area (Å²) in [6.07, 6.45) is 4.87. The number of nitriles is 1. The van der Waals surface area contributed by atoms with E-state index in [-0.39, 0.29) is 6.04 Å². The van der Waals surface area contributed by atoms with Crippen molar-refractivity contribution in [3.05, 3.63) is 52.7 Å². The largest absolute Gasteiger partial charge is 0.383 e. The number of aromatic nitrogens is 1. The summed E-state index contributed by atoms with van der Waals surface area (Å²) in [7, 11) is 0. The minimum atomic E-state index is -0.961. The van der Waals surface area contributed by atoms with Crippen molar-refractivity contribution < 1.29 is 5.11 Å². The summed E-state index contributed by atoms with van der Waals surface area (Å²) >= 11 is 6.20. The lowest BCUT2D eigenvalue weighted by atomic mass is 9.88. The van der Waals surface area contributed by atoms with E-state index in [1.165, 1.54) is 12.8 Å². The molecule has 2 saturated heterocycles. The lowest BCUT2D eigenvalue weighted by Crippen LogP contribution is -2.40. The second-order valence-corrected chi connectivity index (χ2v) is 7.83. The summed E-state index contributed by atoms with van der Waals surface area (Å²) in [6, 6.07) is 11.4. The highest BCUT2D eigenvalue weighted by atomic mass is 35.5. The minimum absolute atomic E-state index is 0.124. The molecule has 27 heavy (non-hydrogen) atoms. The van der Waals surface area contributed by atoms with Crippen molar-refractivity contribution >= 4 is 23.1 Å². The van der Waals surface area contributed by atoms with Crippen LogP contribution >= 0.6 is 11.6 Å². The molecule has 0 saturated carbocycles. The van der Waals surface area contributed by atoms with Gasteiger partial charge in [-0.1, -0.05) is 17.7 Å². The van der Waals surface area contributed by atoms with Crippen LogP contribution in [0.2, 0.25) is 5.02 Å². The van der Waals surface area contributed by atoms with E-state index in [4.69, 9.17) is 16.9 Å². The van der Waals surface area contributed by atoms with E-state index in [2.05, 4.69) is 20.9 Å². The third kappa shape index (κ3) is 3.13. The molecular formula is C21H23ClN4O. The fourth-order valence-electron chi connectivity index (χ4n) is 4.24. The summed E-state index contributed by atoms with van der Waals surface area (Å²) in [5.74, 6) is 0.987. The summed E-state index contributed by atoms with van der Waals surface area (Å²) in [5, 5.41) is 20.9. The zero-order chi connectivity index (χ0) is 19.0. The predicted molar refractivity (Wildman–Crippen MR) is 107 cm³/mol. The topological polar surface area (TPSA) is 63.4 Å². The Morgan fingerprint density at radius 1 is 1.22 bits per heavy atom. The van der Waals surface area contributed by atoms with Crippen LogP contribution in [0.1, 0.15) is 37.3 Å². The number of hydrogen-bond acceptors (Lipinski definition) is 5.